The summed E-state index contributed by atoms with van der Waals surface area (Å²) in [7, 11) is 0. The molecule has 0 aliphatic carbocycles. The van der Waals surface area contributed by atoms with E-state index in [4.69, 9.17) is 5.73 Å². The van der Waals surface area contributed by atoms with E-state index in [1.807, 2.05) is 18.2 Å². The van der Waals surface area contributed by atoms with Crippen LogP contribution >= 0.6 is 0 Å². The monoisotopic (exact) mass is 277 g/mol. The van der Waals surface area contributed by atoms with Crippen LogP contribution in [0.4, 0.5) is 0 Å². The zero-order chi connectivity index (χ0) is 15.0. The molecule has 0 spiro atoms. The number of unbranched alkanes of at least 4 members (excludes halogenated alkanes) is 1. The van der Waals surface area contributed by atoms with Gasteiger partial charge in [0.15, 0.2) is 0 Å². The van der Waals surface area contributed by atoms with Crippen LogP contribution in [0.1, 0.15) is 45.1 Å². The van der Waals surface area contributed by atoms with Crippen LogP contribution in [0.2, 0.25) is 0 Å². The predicted octanol–water partition coefficient (Wildman–Crippen LogP) is 3.48. The molecule has 1 rings (SSSR count). The Morgan fingerprint density at radius 3 is 2.40 bits per heavy atom. The van der Waals surface area contributed by atoms with Crippen LogP contribution in [-0.4, -0.2) is 17.6 Å². The molecule has 0 heterocycles. The smallest absolute Gasteiger partial charge is 0.310 e. The molecule has 0 radical (unpaired) electrons. The van der Waals surface area contributed by atoms with Crippen LogP contribution in [0.5, 0.6) is 0 Å². The van der Waals surface area contributed by atoms with Gasteiger partial charge in [-0.2, -0.15) is 0 Å². The normalized spacial score (nSPS) is 14.2. The number of aliphatic carboxylic acids is 1. The van der Waals surface area contributed by atoms with E-state index in [0.29, 0.717) is 18.8 Å². The average Bonchev–Trinajstić information content (AvgIpc) is 2.42. The Balaban J connectivity index is 2.48. The van der Waals surface area contributed by atoms with E-state index < -0.39 is 11.4 Å². The number of aryl methyl sites for hydroxylation is 1. The first-order valence-electron chi connectivity index (χ1n) is 7.47. The third-order valence-corrected chi connectivity index (χ3v) is 3.86. The fourth-order valence-electron chi connectivity index (χ4n) is 2.79. The second kappa shape index (κ2) is 8.05. The average molecular weight is 277 g/mol. The molecule has 3 heteroatoms. The van der Waals surface area contributed by atoms with E-state index in [9.17, 15) is 9.90 Å². The summed E-state index contributed by atoms with van der Waals surface area (Å²) in [4.78, 5) is 11.6. The van der Waals surface area contributed by atoms with E-state index in [-0.39, 0.29) is 6.54 Å². The second-order valence-corrected chi connectivity index (χ2v) is 6.08. The molecule has 1 unspecified atom stereocenters. The largest absolute Gasteiger partial charge is 0.481 e. The highest BCUT2D eigenvalue weighted by Gasteiger charge is 2.36. The molecule has 1 aromatic rings. The summed E-state index contributed by atoms with van der Waals surface area (Å²) < 4.78 is 0. The minimum absolute atomic E-state index is 0.228. The highest BCUT2D eigenvalue weighted by Crippen LogP contribution is 2.32. The topological polar surface area (TPSA) is 63.3 Å². The van der Waals surface area contributed by atoms with Crippen LogP contribution in [0.3, 0.4) is 0 Å². The predicted molar refractivity (Wildman–Crippen MR) is 82.6 cm³/mol. The van der Waals surface area contributed by atoms with Crippen LogP contribution < -0.4 is 5.73 Å². The summed E-state index contributed by atoms with van der Waals surface area (Å²) in [5.41, 5.74) is 6.33. The maximum absolute atomic E-state index is 11.6. The molecule has 112 valence electrons. The van der Waals surface area contributed by atoms with Gasteiger partial charge in [-0.3, -0.25) is 4.79 Å². The molecule has 0 aliphatic rings. The SMILES string of the molecule is CC(C)CC(CN)(CCCCc1ccccc1)C(=O)O. The molecule has 0 bridgehead atoms. The molecular weight excluding hydrogens is 250 g/mol. The lowest BCUT2D eigenvalue weighted by molar-refractivity contribution is -0.150. The Kier molecular flexibility index (Phi) is 6.73. The summed E-state index contributed by atoms with van der Waals surface area (Å²) in [6.07, 6.45) is 4.25. The van der Waals surface area contributed by atoms with E-state index >= 15 is 0 Å². The van der Waals surface area contributed by atoms with Crippen LogP contribution in [0.15, 0.2) is 30.3 Å². The summed E-state index contributed by atoms with van der Waals surface area (Å²) in [6.45, 7) is 4.33. The van der Waals surface area contributed by atoms with Crippen LogP contribution in [0, 0.1) is 11.3 Å². The van der Waals surface area contributed by atoms with Gasteiger partial charge in [0.2, 0.25) is 0 Å². The quantitative estimate of drug-likeness (QED) is 0.679. The third-order valence-electron chi connectivity index (χ3n) is 3.86. The minimum atomic E-state index is -0.745. The van der Waals surface area contributed by atoms with Gasteiger partial charge in [0.1, 0.15) is 0 Å². The standard InChI is InChI=1S/C17H27NO2/c1-14(2)12-17(13-18,16(19)20)11-7-6-10-15-8-4-3-5-9-15/h3-5,8-9,14H,6-7,10-13,18H2,1-2H3,(H,19,20). The molecule has 20 heavy (non-hydrogen) atoms. The maximum Gasteiger partial charge on any atom is 0.310 e. The lowest BCUT2D eigenvalue weighted by Crippen LogP contribution is -2.39. The van der Waals surface area contributed by atoms with Crippen molar-refractivity contribution in [2.24, 2.45) is 17.1 Å². The van der Waals surface area contributed by atoms with Gasteiger partial charge < -0.3 is 10.8 Å². The van der Waals surface area contributed by atoms with Gasteiger partial charge in [0, 0.05) is 6.54 Å². The zero-order valence-electron chi connectivity index (χ0n) is 12.6. The fraction of sp³-hybridized carbons (Fsp3) is 0.588. The molecular formula is C17H27NO2. The second-order valence-electron chi connectivity index (χ2n) is 6.08. The molecule has 1 atom stereocenters. The van der Waals surface area contributed by atoms with Gasteiger partial charge in [0.05, 0.1) is 5.41 Å². The molecule has 0 saturated carbocycles. The Morgan fingerprint density at radius 2 is 1.90 bits per heavy atom. The number of carboxylic acids is 1. The Bertz CT molecular complexity index is 403. The molecule has 0 fully saturated rings. The molecule has 3 N–H and O–H groups in total. The molecule has 3 nitrogen and oxygen atoms in total. The number of carboxylic acid groups (broad SMARTS) is 1. The van der Waals surface area contributed by atoms with Crippen molar-refractivity contribution in [2.45, 2.75) is 46.0 Å². The molecule has 1 aromatic carbocycles. The maximum atomic E-state index is 11.6. The number of hydrogen-bond acceptors (Lipinski definition) is 2. The van der Waals surface area contributed by atoms with Crippen molar-refractivity contribution in [1.82, 2.24) is 0 Å². The van der Waals surface area contributed by atoms with Crippen molar-refractivity contribution in [3.63, 3.8) is 0 Å². The number of nitrogens with two attached hydrogens (primary N) is 1. The molecule has 0 amide bonds. The van der Waals surface area contributed by atoms with Crippen molar-refractivity contribution < 1.29 is 9.90 Å². The number of rotatable bonds is 9. The Labute approximate surface area is 122 Å². The number of hydrogen-bond donors (Lipinski definition) is 2. The van der Waals surface area contributed by atoms with Crippen molar-refractivity contribution in [3.8, 4) is 0 Å². The highest BCUT2D eigenvalue weighted by molar-refractivity contribution is 5.74. The van der Waals surface area contributed by atoms with Gasteiger partial charge in [-0.15, -0.1) is 0 Å². The number of benzene rings is 1. The lowest BCUT2D eigenvalue weighted by atomic mass is 9.76. The highest BCUT2D eigenvalue weighted by atomic mass is 16.4. The summed E-state index contributed by atoms with van der Waals surface area (Å²) >= 11 is 0. The first kappa shape index (κ1) is 16.7. The molecule has 0 aliphatic heterocycles. The number of carbonyl (C=O) groups is 1. The van der Waals surface area contributed by atoms with Crippen LogP contribution in [0.25, 0.3) is 0 Å². The third kappa shape index (κ3) is 4.97. The van der Waals surface area contributed by atoms with Gasteiger partial charge in [-0.05, 0) is 37.2 Å². The minimum Gasteiger partial charge on any atom is -0.481 e. The van der Waals surface area contributed by atoms with Crippen molar-refractivity contribution in [3.05, 3.63) is 35.9 Å². The van der Waals surface area contributed by atoms with Crippen LogP contribution in [-0.2, 0) is 11.2 Å². The Hall–Kier alpha value is -1.35. The summed E-state index contributed by atoms with van der Waals surface area (Å²) in [6, 6.07) is 10.3. The summed E-state index contributed by atoms with van der Waals surface area (Å²) in [5, 5.41) is 9.51. The zero-order valence-corrected chi connectivity index (χ0v) is 12.6. The lowest BCUT2D eigenvalue weighted by Gasteiger charge is -2.29. The summed E-state index contributed by atoms with van der Waals surface area (Å²) in [5.74, 6) is -0.391. The first-order valence-corrected chi connectivity index (χ1v) is 7.47. The van der Waals surface area contributed by atoms with Crippen molar-refractivity contribution >= 4 is 5.97 Å². The van der Waals surface area contributed by atoms with E-state index in [0.717, 1.165) is 19.3 Å². The van der Waals surface area contributed by atoms with Crippen molar-refractivity contribution in [1.29, 1.82) is 0 Å². The fourth-order valence-corrected chi connectivity index (χ4v) is 2.79. The van der Waals surface area contributed by atoms with Gasteiger partial charge in [-0.25, -0.2) is 0 Å². The van der Waals surface area contributed by atoms with Gasteiger partial charge in [0.25, 0.3) is 0 Å². The molecule has 0 saturated heterocycles. The first-order chi connectivity index (χ1) is 9.50. The Morgan fingerprint density at radius 1 is 1.25 bits per heavy atom. The van der Waals surface area contributed by atoms with E-state index in [2.05, 4.69) is 26.0 Å². The van der Waals surface area contributed by atoms with Gasteiger partial charge in [-0.1, -0.05) is 50.6 Å². The molecule has 0 aromatic heterocycles. The van der Waals surface area contributed by atoms with Crippen molar-refractivity contribution in [2.75, 3.05) is 6.54 Å². The van der Waals surface area contributed by atoms with E-state index in [1.165, 1.54) is 5.56 Å². The van der Waals surface area contributed by atoms with E-state index in [1.54, 1.807) is 0 Å². The van der Waals surface area contributed by atoms with Gasteiger partial charge >= 0.3 is 5.97 Å².